The van der Waals surface area contributed by atoms with Crippen molar-refractivity contribution in [2.45, 2.75) is 13.5 Å². The fraction of sp³-hybridized carbons (Fsp3) is 0.0800. The smallest absolute Gasteiger partial charge is 0.267 e. The van der Waals surface area contributed by atoms with Crippen molar-refractivity contribution in [1.29, 1.82) is 5.41 Å². The lowest BCUT2D eigenvalue weighted by Crippen LogP contribution is -2.26. The van der Waals surface area contributed by atoms with Gasteiger partial charge in [-0.3, -0.25) is 14.8 Å². The van der Waals surface area contributed by atoms with Gasteiger partial charge in [-0.25, -0.2) is 23.7 Å². The summed E-state index contributed by atoms with van der Waals surface area (Å²) >= 11 is 1.30. The number of hydrogen-bond acceptors (Lipinski definition) is 9. The molecule has 0 fully saturated rings. The quantitative estimate of drug-likeness (QED) is 0.247. The Kier molecular flexibility index (Phi) is 6.09. The van der Waals surface area contributed by atoms with Crippen LogP contribution >= 0.6 is 11.3 Å². The van der Waals surface area contributed by atoms with Crippen molar-refractivity contribution in [1.82, 2.24) is 19.5 Å². The van der Waals surface area contributed by atoms with E-state index >= 15 is 0 Å². The van der Waals surface area contributed by atoms with Gasteiger partial charge in [0.25, 0.3) is 5.56 Å². The van der Waals surface area contributed by atoms with Crippen LogP contribution in [0.25, 0.3) is 15.9 Å². The Labute approximate surface area is 212 Å². The van der Waals surface area contributed by atoms with Gasteiger partial charge in [0.15, 0.2) is 11.6 Å². The summed E-state index contributed by atoms with van der Waals surface area (Å²) in [5.41, 5.74) is 6.53. The minimum atomic E-state index is -0.830. The fourth-order valence-corrected chi connectivity index (χ4v) is 4.85. The molecule has 0 saturated carbocycles. The number of rotatable bonds is 6. The summed E-state index contributed by atoms with van der Waals surface area (Å²) < 4.78 is 29.5. The second kappa shape index (κ2) is 9.39. The number of aromatic nitrogens is 4. The molecule has 0 bridgehead atoms. The molecule has 5 N–H and O–H groups in total. The number of aryl methyl sites for hydroxylation is 1. The summed E-state index contributed by atoms with van der Waals surface area (Å²) in [6.45, 7) is 1.71. The van der Waals surface area contributed by atoms with Crippen molar-refractivity contribution in [2.24, 2.45) is 0 Å². The summed E-state index contributed by atoms with van der Waals surface area (Å²) in [7, 11) is 0. The van der Waals surface area contributed by atoms with Gasteiger partial charge in [0, 0.05) is 5.56 Å². The third kappa shape index (κ3) is 4.27. The van der Waals surface area contributed by atoms with E-state index in [1.165, 1.54) is 46.5 Å². The topological polar surface area (TPSA) is 143 Å². The zero-order chi connectivity index (χ0) is 26.3. The van der Waals surface area contributed by atoms with E-state index in [2.05, 4.69) is 20.3 Å². The first-order valence-electron chi connectivity index (χ1n) is 10.9. The number of nitrogens with zero attached hydrogens (tertiary/aromatic N) is 4. The maximum Gasteiger partial charge on any atom is 0.267 e. The second-order valence-electron chi connectivity index (χ2n) is 8.10. The lowest BCUT2D eigenvalue weighted by Gasteiger charge is -2.16. The highest BCUT2D eigenvalue weighted by Crippen LogP contribution is 2.26. The van der Waals surface area contributed by atoms with Gasteiger partial charge in [-0.05, 0) is 48.2 Å². The number of aromatic hydroxyl groups is 1. The Bertz CT molecular complexity index is 1750. The first-order valence-corrected chi connectivity index (χ1v) is 11.8. The minimum Gasteiger partial charge on any atom is -0.505 e. The van der Waals surface area contributed by atoms with Crippen molar-refractivity contribution < 1.29 is 13.9 Å². The standard InChI is InChI=1S/C25H19F2N7O2S/c1-12-10-37-24-19(12)25(36)34(16-5-3-2-4-14(16)26)18(33-24)9-30-23-20(22(29)31-11-32-23)21(28)13-6-7-15(27)17(35)8-13/h2-8,10-11,28,35H,9H2,1H3,(H3,29,30,31,32). The zero-order valence-corrected chi connectivity index (χ0v) is 20.1. The summed E-state index contributed by atoms with van der Waals surface area (Å²) in [6, 6.07) is 9.33. The molecule has 12 heteroatoms. The average molecular weight is 520 g/mol. The molecule has 9 nitrogen and oxygen atoms in total. The Morgan fingerprint density at radius 1 is 1.19 bits per heavy atom. The Morgan fingerprint density at radius 2 is 1.97 bits per heavy atom. The summed E-state index contributed by atoms with van der Waals surface area (Å²) in [6.07, 6.45) is 1.19. The average Bonchev–Trinajstić information content (AvgIpc) is 3.25. The van der Waals surface area contributed by atoms with E-state index in [0.29, 0.717) is 10.2 Å². The number of nitrogens with two attached hydrogens (primary N) is 1. The Hall–Kier alpha value is -4.71. The third-order valence-electron chi connectivity index (χ3n) is 5.73. The van der Waals surface area contributed by atoms with E-state index in [0.717, 1.165) is 17.7 Å². The Morgan fingerprint density at radius 3 is 2.73 bits per heavy atom. The molecule has 0 unspecified atom stereocenters. The highest BCUT2D eigenvalue weighted by molar-refractivity contribution is 7.16. The number of hydrogen-bond donors (Lipinski definition) is 4. The molecule has 186 valence electrons. The fourth-order valence-electron chi connectivity index (χ4n) is 3.92. The second-order valence-corrected chi connectivity index (χ2v) is 8.95. The van der Waals surface area contributed by atoms with Gasteiger partial charge in [0.05, 0.1) is 28.9 Å². The van der Waals surface area contributed by atoms with Crippen LogP contribution in [0.2, 0.25) is 0 Å². The minimum absolute atomic E-state index is 0.0323. The van der Waals surface area contributed by atoms with Crippen molar-refractivity contribution in [3.63, 3.8) is 0 Å². The number of anilines is 2. The molecule has 0 saturated heterocycles. The normalized spacial score (nSPS) is 11.1. The lowest BCUT2D eigenvalue weighted by molar-refractivity contribution is 0.432. The maximum absolute atomic E-state index is 14.8. The molecule has 0 aliphatic heterocycles. The van der Waals surface area contributed by atoms with E-state index in [4.69, 9.17) is 11.1 Å². The van der Waals surface area contributed by atoms with E-state index in [-0.39, 0.29) is 46.5 Å². The number of nitrogens with one attached hydrogen (secondary N) is 2. The maximum atomic E-state index is 14.8. The molecule has 0 aliphatic rings. The molecular formula is C25H19F2N7O2S. The number of phenols is 1. The van der Waals surface area contributed by atoms with Gasteiger partial charge in [-0.15, -0.1) is 11.3 Å². The van der Waals surface area contributed by atoms with Crippen LogP contribution in [0.1, 0.15) is 22.5 Å². The van der Waals surface area contributed by atoms with Crippen LogP contribution in [-0.2, 0) is 6.54 Å². The van der Waals surface area contributed by atoms with Crippen LogP contribution in [0.5, 0.6) is 5.75 Å². The SMILES string of the molecule is Cc1csc2nc(CNc3ncnc(N)c3C(=N)c3ccc(F)c(O)c3)n(-c3ccccc3F)c(=O)c12. The van der Waals surface area contributed by atoms with Crippen molar-refractivity contribution >= 4 is 38.9 Å². The molecule has 0 atom stereocenters. The molecule has 0 radical (unpaired) electrons. The highest BCUT2D eigenvalue weighted by atomic mass is 32.1. The molecular weight excluding hydrogens is 500 g/mol. The number of fused-ring (bicyclic) bond motifs is 1. The number of halogens is 2. The van der Waals surface area contributed by atoms with Crippen LogP contribution in [-0.4, -0.2) is 30.3 Å². The molecule has 3 aromatic heterocycles. The first-order chi connectivity index (χ1) is 17.8. The molecule has 0 aliphatic carbocycles. The van der Waals surface area contributed by atoms with Gasteiger partial charge >= 0.3 is 0 Å². The van der Waals surface area contributed by atoms with Crippen LogP contribution in [0, 0.1) is 24.0 Å². The largest absolute Gasteiger partial charge is 0.505 e. The molecule has 0 amide bonds. The first kappa shape index (κ1) is 24.0. The molecule has 5 aromatic rings. The molecule has 5 rings (SSSR count). The van der Waals surface area contributed by atoms with E-state index in [1.807, 2.05) is 5.38 Å². The molecule has 2 aromatic carbocycles. The lowest BCUT2D eigenvalue weighted by atomic mass is 10.0. The molecule has 3 heterocycles. The number of benzene rings is 2. The number of phenolic OH excluding ortho intramolecular Hbond substituents is 1. The van der Waals surface area contributed by atoms with E-state index in [1.54, 1.807) is 13.0 Å². The number of para-hydroxylation sites is 1. The molecule has 0 spiro atoms. The molecule has 37 heavy (non-hydrogen) atoms. The predicted molar refractivity (Wildman–Crippen MR) is 138 cm³/mol. The summed E-state index contributed by atoms with van der Waals surface area (Å²) in [4.78, 5) is 26.7. The zero-order valence-electron chi connectivity index (χ0n) is 19.3. The van der Waals surface area contributed by atoms with Crippen LogP contribution in [0.3, 0.4) is 0 Å². The van der Waals surface area contributed by atoms with Crippen LogP contribution in [0.4, 0.5) is 20.4 Å². The third-order valence-corrected chi connectivity index (χ3v) is 6.72. The Balaban J connectivity index is 1.59. The highest BCUT2D eigenvalue weighted by Gasteiger charge is 2.21. The van der Waals surface area contributed by atoms with Crippen LogP contribution in [0.15, 0.2) is 59.0 Å². The van der Waals surface area contributed by atoms with Crippen molar-refractivity contribution in [2.75, 3.05) is 11.1 Å². The van der Waals surface area contributed by atoms with Crippen molar-refractivity contribution in [3.8, 4) is 11.4 Å². The summed E-state index contributed by atoms with van der Waals surface area (Å²) in [5, 5.41) is 23.6. The van der Waals surface area contributed by atoms with Gasteiger partial charge in [-0.1, -0.05) is 12.1 Å². The van der Waals surface area contributed by atoms with Crippen LogP contribution < -0.4 is 16.6 Å². The number of nitrogen functional groups attached to an aromatic ring is 1. The van der Waals surface area contributed by atoms with Crippen molar-refractivity contribution in [3.05, 3.63) is 98.7 Å². The van der Waals surface area contributed by atoms with E-state index < -0.39 is 22.9 Å². The predicted octanol–water partition coefficient (Wildman–Crippen LogP) is 4.14. The monoisotopic (exact) mass is 519 g/mol. The van der Waals surface area contributed by atoms with Gasteiger partial charge in [0.1, 0.15) is 34.4 Å². The van der Waals surface area contributed by atoms with E-state index in [9.17, 15) is 18.7 Å². The van der Waals surface area contributed by atoms with Gasteiger partial charge in [-0.2, -0.15) is 0 Å². The van der Waals surface area contributed by atoms with Gasteiger partial charge < -0.3 is 16.2 Å². The van der Waals surface area contributed by atoms with Gasteiger partial charge in [0.2, 0.25) is 0 Å². The number of thiophene rings is 1. The summed E-state index contributed by atoms with van der Waals surface area (Å²) in [5.74, 6) is -1.73.